The zero-order chi connectivity index (χ0) is 22.9. The Morgan fingerprint density at radius 3 is 2.25 bits per heavy atom. The van der Waals surface area contributed by atoms with Crippen LogP contribution in [0.15, 0.2) is 89.5 Å². The number of allylic oxidation sites excluding steroid dienone is 3. The number of aliphatic imine (C=N–C) groups is 1. The highest BCUT2D eigenvalue weighted by atomic mass is 16.5. The number of hydrogen-bond acceptors (Lipinski definition) is 6. The molecule has 0 atom stereocenters. The van der Waals surface area contributed by atoms with Gasteiger partial charge in [0.15, 0.2) is 0 Å². The van der Waals surface area contributed by atoms with Crippen LogP contribution in [0.1, 0.15) is 18.3 Å². The average Bonchev–Trinajstić information content (AvgIpc) is 2.75. The first kappa shape index (κ1) is 22.4. The van der Waals surface area contributed by atoms with Crippen LogP contribution in [0.2, 0.25) is 0 Å². The Hall–Kier alpha value is -4.26. The summed E-state index contributed by atoms with van der Waals surface area (Å²) in [6.07, 6.45) is 6.81. The molecule has 0 fully saturated rings. The molecule has 3 rings (SSSR count). The van der Waals surface area contributed by atoms with Gasteiger partial charge in [-0.25, -0.2) is 0 Å². The zero-order valence-electron chi connectivity index (χ0n) is 18.3. The number of anilines is 2. The fraction of sp³-hybridized carbons (Fsp3) is 0.120. The van der Waals surface area contributed by atoms with Gasteiger partial charge in [0.25, 0.3) is 5.91 Å². The number of carbonyl (C=O) groups excluding carboxylic acids is 1. The minimum Gasteiger partial charge on any atom is -0.457 e. The molecule has 0 unspecified atom stereocenters. The summed E-state index contributed by atoms with van der Waals surface area (Å²) in [4.78, 5) is 24.7. The normalized spacial score (nSPS) is 11.6. The smallest absolute Gasteiger partial charge is 0.274 e. The van der Waals surface area contributed by atoms with Crippen molar-refractivity contribution in [2.75, 3.05) is 10.6 Å². The summed E-state index contributed by atoms with van der Waals surface area (Å²) in [5.41, 5.74) is 4.37. The van der Waals surface area contributed by atoms with Crippen LogP contribution in [0, 0.1) is 13.8 Å². The van der Waals surface area contributed by atoms with Crippen LogP contribution >= 0.6 is 0 Å². The maximum absolute atomic E-state index is 12.6. The first-order chi connectivity index (χ1) is 15.4. The molecule has 1 aromatic carbocycles. The summed E-state index contributed by atoms with van der Waals surface area (Å²) in [5.74, 6) is 0.998. The van der Waals surface area contributed by atoms with E-state index in [-0.39, 0.29) is 11.6 Å². The minimum atomic E-state index is -0.359. The number of benzene rings is 1. The van der Waals surface area contributed by atoms with Crippen molar-refractivity contribution >= 4 is 24.0 Å². The molecule has 2 aromatic heterocycles. The number of ether oxygens (including phenoxy) is 1. The Morgan fingerprint density at radius 2 is 1.59 bits per heavy atom. The minimum absolute atomic E-state index is 0.199. The Morgan fingerprint density at radius 1 is 0.906 bits per heavy atom. The van der Waals surface area contributed by atoms with Crippen molar-refractivity contribution in [3.63, 3.8) is 0 Å². The molecule has 32 heavy (non-hydrogen) atoms. The number of pyridine rings is 2. The van der Waals surface area contributed by atoms with E-state index in [1.165, 1.54) is 0 Å². The van der Waals surface area contributed by atoms with E-state index in [9.17, 15) is 4.79 Å². The van der Waals surface area contributed by atoms with Gasteiger partial charge in [0.2, 0.25) is 0 Å². The molecule has 162 valence electrons. The fourth-order valence-corrected chi connectivity index (χ4v) is 2.82. The molecule has 2 N–H and O–H groups in total. The number of hydrogen-bond donors (Lipinski definition) is 2. The van der Waals surface area contributed by atoms with Crippen LogP contribution < -0.4 is 15.4 Å². The molecule has 1 amide bonds. The quantitative estimate of drug-likeness (QED) is 0.284. The topological polar surface area (TPSA) is 88.5 Å². The second kappa shape index (κ2) is 10.7. The van der Waals surface area contributed by atoms with Crippen molar-refractivity contribution in [2.24, 2.45) is 4.99 Å². The van der Waals surface area contributed by atoms with Crippen molar-refractivity contribution in [3.05, 3.63) is 95.9 Å². The predicted octanol–water partition coefficient (Wildman–Crippen LogP) is 5.42. The van der Waals surface area contributed by atoms with Gasteiger partial charge in [0, 0.05) is 46.9 Å². The van der Waals surface area contributed by atoms with E-state index in [1.54, 1.807) is 54.9 Å². The second-order valence-corrected chi connectivity index (χ2v) is 7.08. The van der Waals surface area contributed by atoms with E-state index in [0.29, 0.717) is 17.2 Å². The van der Waals surface area contributed by atoms with Crippen LogP contribution in [-0.2, 0) is 4.79 Å². The highest BCUT2D eigenvalue weighted by Crippen LogP contribution is 2.23. The van der Waals surface area contributed by atoms with Gasteiger partial charge >= 0.3 is 0 Å². The molecule has 0 radical (unpaired) electrons. The molecule has 0 aliphatic rings. The van der Waals surface area contributed by atoms with Gasteiger partial charge in [-0.3, -0.25) is 19.8 Å². The first-order valence-electron chi connectivity index (χ1n) is 10.00. The van der Waals surface area contributed by atoms with Crippen molar-refractivity contribution in [3.8, 4) is 11.5 Å². The highest BCUT2D eigenvalue weighted by molar-refractivity contribution is 6.04. The highest BCUT2D eigenvalue weighted by Gasteiger charge is 2.08. The van der Waals surface area contributed by atoms with Crippen molar-refractivity contribution in [1.29, 1.82) is 0 Å². The number of nitrogens with zero attached hydrogens (tertiary/aromatic N) is 3. The summed E-state index contributed by atoms with van der Waals surface area (Å²) >= 11 is 0. The maximum Gasteiger partial charge on any atom is 0.274 e. The average molecular weight is 428 g/mol. The molecule has 0 spiro atoms. The van der Waals surface area contributed by atoms with Crippen LogP contribution in [0.5, 0.6) is 11.5 Å². The Balaban J connectivity index is 1.62. The molecule has 0 bridgehead atoms. The molecule has 0 saturated carbocycles. The third-order valence-electron chi connectivity index (χ3n) is 4.35. The number of rotatable bonds is 8. The van der Waals surface area contributed by atoms with Gasteiger partial charge in [-0.15, -0.1) is 0 Å². The van der Waals surface area contributed by atoms with E-state index >= 15 is 0 Å². The Bertz CT molecular complexity index is 1170. The first-order valence-corrected chi connectivity index (χ1v) is 10.00. The van der Waals surface area contributed by atoms with Crippen LogP contribution in [0.4, 0.5) is 11.4 Å². The largest absolute Gasteiger partial charge is 0.457 e. The molecule has 2 heterocycles. The molecule has 3 aromatic rings. The van der Waals surface area contributed by atoms with E-state index in [4.69, 9.17) is 4.74 Å². The fourth-order valence-electron chi connectivity index (χ4n) is 2.82. The number of aryl methyl sites for hydroxylation is 2. The lowest BCUT2D eigenvalue weighted by atomic mass is 10.2. The van der Waals surface area contributed by atoms with Crippen LogP contribution in [0.3, 0.4) is 0 Å². The third-order valence-corrected chi connectivity index (χ3v) is 4.35. The van der Waals surface area contributed by atoms with E-state index in [0.717, 1.165) is 22.8 Å². The van der Waals surface area contributed by atoms with Crippen LogP contribution in [-0.4, -0.2) is 22.6 Å². The summed E-state index contributed by atoms with van der Waals surface area (Å²) in [6, 6.07) is 14.5. The summed E-state index contributed by atoms with van der Waals surface area (Å²) in [5, 5.41) is 6.05. The van der Waals surface area contributed by atoms with Gasteiger partial charge in [-0.1, -0.05) is 0 Å². The standard InChI is InChI=1S/C25H25N5O2/c1-17(29-21-11-13-27-18(2)15-21)5-10-24(26-4)25(31)30-20-6-8-22(9-7-20)32-23-12-14-28-19(3)16-23/h5-16H,4H2,1-3H3,(H,27,29)(H,30,31)/b17-5+,24-10-. The Labute approximate surface area is 187 Å². The second-order valence-electron chi connectivity index (χ2n) is 7.08. The zero-order valence-corrected chi connectivity index (χ0v) is 18.3. The monoisotopic (exact) mass is 427 g/mol. The van der Waals surface area contributed by atoms with Gasteiger partial charge in [0.05, 0.1) is 0 Å². The molecule has 7 heteroatoms. The lowest BCUT2D eigenvalue weighted by molar-refractivity contribution is -0.112. The molecule has 7 nitrogen and oxygen atoms in total. The SMILES string of the molecule is C=N/C(=C\C=C(/C)Nc1ccnc(C)c1)C(=O)Nc1ccc(Oc2ccnc(C)c2)cc1. The molecule has 0 aliphatic carbocycles. The van der Waals surface area contributed by atoms with Crippen molar-refractivity contribution < 1.29 is 9.53 Å². The van der Waals surface area contributed by atoms with E-state index in [2.05, 4.69) is 32.3 Å². The third kappa shape index (κ3) is 6.63. The number of amides is 1. The molecular weight excluding hydrogens is 402 g/mol. The lowest BCUT2D eigenvalue weighted by Crippen LogP contribution is -2.13. The van der Waals surface area contributed by atoms with Gasteiger partial charge in [-0.05, 0) is 82.1 Å². The number of carbonyl (C=O) groups is 1. The lowest BCUT2D eigenvalue weighted by Gasteiger charge is -2.09. The van der Waals surface area contributed by atoms with Crippen molar-refractivity contribution in [2.45, 2.75) is 20.8 Å². The molecule has 0 saturated heterocycles. The molecule has 0 aliphatic heterocycles. The van der Waals surface area contributed by atoms with Gasteiger partial charge < -0.3 is 15.4 Å². The summed E-state index contributed by atoms with van der Waals surface area (Å²) < 4.78 is 5.80. The van der Waals surface area contributed by atoms with E-state index in [1.807, 2.05) is 39.0 Å². The summed E-state index contributed by atoms with van der Waals surface area (Å²) in [7, 11) is 0. The van der Waals surface area contributed by atoms with Gasteiger partial charge in [-0.2, -0.15) is 0 Å². The van der Waals surface area contributed by atoms with Gasteiger partial charge in [0.1, 0.15) is 17.2 Å². The molecular formula is C25H25N5O2. The maximum atomic E-state index is 12.6. The van der Waals surface area contributed by atoms with Crippen LogP contribution in [0.25, 0.3) is 0 Å². The van der Waals surface area contributed by atoms with E-state index < -0.39 is 0 Å². The predicted molar refractivity (Wildman–Crippen MR) is 128 cm³/mol. The number of aromatic nitrogens is 2. The number of nitrogens with one attached hydrogen (secondary N) is 2. The Kier molecular flexibility index (Phi) is 7.48. The summed E-state index contributed by atoms with van der Waals surface area (Å²) in [6.45, 7) is 9.22. The van der Waals surface area contributed by atoms with Crippen molar-refractivity contribution in [1.82, 2.24) is 9.97 Å².